The number of amides is 1. The molecule has 2 aromatic carbocycles. The van der Waals surface area contributed by atoms with Crippen molar-refractivity contribution < 1.29 is 9.72 Å². The molecule has 7 heteroatoms. The molecular weight excluding hydrogens is 338 g/mol. The number of nitro groups is 1. The van der Waals surface area contributed by atoms with Gasteiger partial charge in [0.1, 0.15) is 0 Å². The number of likely N-dealkylation sites (N-methyl/N-ethyl adjacent to an activating group) is 1. The molecule has 0 saturated heterocycles. The van der Waals surface area contributed by atoms with Crippen molar-refractivity contribution in [3.63, 3.8) is 0 Å². The molecule has 25 heavy (non-hydrogen) atoms. The number of benzene rings is 2. The van der Waals surface area contributed by atoms with Crippen LogP contribution >= 0.6 is 11.3 Å². The third kappa shape index (κ3) is 3.72. The van der Waals surface area contributed by atoms with E-state index in [0.717, 1.165) is 10.2 Å². The van der Waals surface area contributed by atoms with Crippen molar-refractivity contribution in [2.24, 2.45) is 0 Å². The van der Waals surface area contributed by atoms with E-state index in [2.05, 4.69) is 4.98 Å². The number of anilines is 1. The lowest BCUT2D eigenvalue weighted by molar-refractivity contribution is -0.384. The van der Waals surface area contributed by atoms with E-state index in [1.165, 1.54) is 29.5 Å². The number of para-hydroxylation sites is 1. The highest BCUT2D eigenvalue weighted by molar-refractivity contribution is 7.22. The van der Waals surface area contributed by atoms with Gasteiger partial charge in [0.2, 0.25) is 0 Å². The molecule has 0 bridgehead atoms. The SMILES string of the molecule is CCN(C(=O)/C=C/c1cccc([N+](=O)[O-])c1)c1nc2ccccc2s1. The zero-order valence-corrected chi connectivity index (χ0v) is 14.3. The Hall–Kier alpha value is -3.06. The number of nitrogens with zero attached hydrogens (tertiary/aromatic N) is 3. The molecule has 126 valence electrons. The van der Waals surface area contributed by atoms with Gasteiger partial charge in [0, 0.05) is 24.8 Å². The van der Waals surface area contributed by atoms with Crippen molar-refractivity contribution in [3.05, 3.63) is 70.3 Å². The highest BCUT2D eigenvalue weighted by atomic mass is 32.1. The van der Waals surface area contributed by atoms with Crippen LogP contribution in [0.3, 0.4) is 0 Å². The molecule has 3 aromatic rings. The van der Waals surface area contributed by atoms with Gasteiger partial charge in [-0.15, -0.1) is 0 Å². The first-order valence-electron chi connectivity index (χ1n) is 7.68. The number of fused-ring (bicyclic) bond motifs is 1. The van der Waals surface area contributed by atoms with Crippen molar-refractivity contribution in [3.8, 4) is 0 Å². The maximum atomic E-state index is 12.5. The van der Waals surface area contributed by atoms with Crippen molar-refractivity contribution in [2.75, 3.05) is 11.4 Å². The number of hydrogen-bond donors (Lipinski definition) is 0. The maximum Gasteiger partial charge on any atom is 0.270 e. The van der Waals surface area contributed by atoms with Crippen LogP contribution < -0.4 is 4.90 Å². The standard InChI is InChI=1S/C18H15N3O3S/c1-2-20(18-19-15-8-3-4-9-16(15)25-18)17(22)11-10-13-6-5-7-14(12-13)21(23)24/h3-12H,2H2,1H3/b11-10+. The van der Waals surface area contributed by atoms with Crippen molar-refractivity contribution in [1.82, 2.24) is 4.98 Å². The summed E-state index contributed by atoms with van der Waals surface area (Å²) in [7, 11) is 0. The molecule has 0 aliphatic rings. The molecule has 0 fully saturated rings. The van der Waals surface area contributed by atoms with Gasteiger partial charge in [-0.05, 0) is 30.7 Å². The van der Waals surface area contributed by atoms with Crippen molar-refractivity contribution in [1.29, 1.82) is 0 Å². The van der Waals surface area contributed by atoms with E-state index in [-0.39, 0.29) is 11.6 Å². The summed E-state index contributed by atoms with van der Waals surface area (Å²) in [4.78, 5) is 29.0. The highest BCUT2D eigenvalue weighted by Crippen LogP contribution is 2.28. The van der Waals surface area contributed by atoms with E-state index < -0.39 is 4.92 Å². The van der Waals surface area contributed by atoms with Crippen LogP contribution in [0.25, 0.3) is 16.3 Å². The second-order valence-electron chi connectivity index (χ2n) is 5.23. The van der Waals surface area contributed by atoms with Gasteiger partial charge < -0.3 is 0 Å². The number of nitro benzene ring substituents is 1. The van der Waals surface area contributed by atoms with Gasteiger partial charge in [0.15, 0.2) is 5.13 Å². The Morgan fingerprint density at radius 3 is 2.80 bits per heavy atom. The average Bonchev–Trinajstić information content (AvgIpc) is 3.04. The fourth-order valence-corrected chi connectivity index (χ4v) is 3.40. The molecule has 0 aliphatic heterocycles. The maximum absolute atomic E-state index is 12.5. The monoisotopic (exact) mass is 353 g/mol. The normalized spacial score (nSPS) is 11.1. The van der Waals surface area contributed by atoms with Gasteiger partial charge in [0.05, 0.1) is 15.1 Å². The predicted octanol–water partition coefficient (Wildman–Crippen LogP) is 4.27. The summed E-state index contributed by atoms with van der Waals surface area (Å²) in [6.45, 7) is 2.36. The number of thiazole rings is 1. The second-order valence-corrected chi connectivity index (χ2v) is 6.24. The Morgan fingerprint density at radius 1 is 1.28 bits per heavy atom. The Kier molecular flexibility index (Phi) is 4.85. The lowest BCUT2D eigenvalue weighted by Crippen LogP contribution is -2.28. The highest BCUT2D eigenvalue weighted by Gasteiger charge is 2.15. The molecule has 0 unspecified atom stereocenters. The molecule has 0 saturated carbocycles. The first kappa shape index (κ1) is 16.8. The number of hydrogen-bond acceptors (Lipinski definition) is 5. The number of rotatable bonds is 5. The largest absolute Gasteiger partial charge is 0.285 e. The van der Waals surface area contributed by atoms with Crippen molar-refractivity contribution in [2.45, 2.75) is 6.92 Å². The number of non-ortho nitro benzene ring substituents is 1. The molecular formula is C18H15N3O3S. The lowest BCUT2D eigenvalue weighted by atomic mass is 10.2. The minimum Gasteiger partial charge on any atom is -0.285 e. The average molecular weight is 353 g/mol. The van der Waals surface area contributed by atoms with Crippen molar-refractivity contribution >= 4 is 44.4 Å². The summed E-state index contributed by atoms with van der Waals surface area (Å²) in [6.07, 6.45) is 2.99. The third-order valence-electron chi connectivity index (χ3n) is 3.60. The molecule has 0 aliphatic carbocycles. The van der Waals surface area contributed by atoms with E-state index in [1.54, 1.807) is 23.1 Å². The van der Waals surface area contributed by atoms with Crippen LogP contribution in [0, 0.1) is 10.1 Å². The Labute approximate surface area is 148 Å². The molecule has 0 radical (unpaired) electrons. The summed E-state index contributed by atoms with van der Waals surface area (Å²) in [5, 5.41) is 11.5. The number of carbonyl (C=O) groups excluding carboxylic acids is 1. The van der Waals surface area contributed by atoms with Gasteiger partial charge in [-0.2, -0.15) is 0 Å². The molecule has 1 heterocycles. The third-order valence-corrected chi connectivity index (χ3v) is 4.65. The van der Waals surface area contributed by atoms with E-state index >= 15 is 0 Å². The first-order chi connectivity index (χ1) is 12.1. The van der Waals surface area contributed by atoms with Crippen LogP contribution in [0.5, 0.6) is 0 Å². The number of carbonyl (C=O) groups is 1. The van der Waals surface area contributed by atoms with Crippen LogP contribution in [0.2, 0.25) is 0 Å². The minimum atomic E-state index is -0.460. The molecule has 1 aromatic heterocycles. The fraction of sp³-hybridized carbons (Fsp3) is 0.111. The van der Waals surface area contributed by atoms with Crippen LogP contribution in [-0.4, -0.2) is 22.4 Å². The molecule has 0 N–H and O–H groups in total. The van der Waals surface area contributed by atoms with Gasteiger partial charge in [-0.25, -0.2) is 4.98 Å². The van der Waals surface area contributed by atoms with Gasteiger partial charge in [-0.3, -0.25) is 19.8 Å². The summed E-state index contributed by atoms with van der Waals surface area (Å²) in [6, 6.07) is 13.9. The zero-order valence-electron chi connectivity index (χ0n) is 13.5. The molecule has 0 atom stereocenters. The van der Waals surface area contributed by atoms with Crippen LogP contribution in [0.15, 0.2) is 54.6 Å². The number of aromatic nitrogens is 1. The Bertz CT molecular complexity index is 932. The quantitative estimate of drug-likeness (QED) is 0.390. The van der Waals surface area contributed by atoms with E-state index in [1.807, 2.05) is 31.2 Å². The van der Waals surface area contributed by atoms with E-state index in [0.29, 0.717) is 17.2 Å². The van der Waals surface area contributed by atoms with E-state index in [4.69, 9.17) is 0 Å². The summed E-state index contributed by atoms with van der Waals surface area (Å²) >= 11 is 1.46. The Morgan fingerprint density at radius 2 is 2.08 bits per heavy atom. The first-order valence-corrected chi connectivity index (χ1v) is 8.49. The smallest absolute Gasteiger partial charge is 0.270 e. The second kappa shape index (κ2) is 7.23. The zero-order chi connectivity index (χ0) is 17.8. The predicted molar refractivity (Wildman–Crippen MR) is 99.8 cm³/mol. The minimum absolute atomic E-state index is 0.00637. The topological polar surface area (TPSA) is 76.3 Å². The van der Waals surface area contributed by atoms with Gasteiger partial charge in [-0.1, -0.05) is 35.6 Å². The molecule has 1 amide bonds. The summed E-state index contributed by atoms with van der Waals surface area (Å²) < 4.78 is 1.02. The van der Waals surface area contributed by atoms with E-state index in [9.17, 15) is 14.9 Å². The van der Waals surface area contributed by atoms with Crippen LogP contribution in [-0.2, 0) is 4.79 Å². The molecule has 0 spiro atoms. The molecule has 3 rings (SSSR count). The lowest BCUT2D eigenvalue weighted by Gasteiger charge is -2.15. The Balaban J connectivity index is 1.82. The summed E-state index contributed by atoms with van der Waals surface area (Å²) in [5.74, 6) is -0.215. The van der Waals surface area contributed by atoms with Crippen LogP contribution in [0.4, 0.5) is 10.8 Å². The van der Waals surface area contributed by atoms with Gasteiger partial charge >= 0.3 is 0 Å². The van der Waals surface area contributed by atoms with Crippen LogP contribution in [0.1, 0.15) is 12.5 Å². The van der Waals surface area contributed by atoms with Gasteiger partial charge in [0.25, 0.3) is 11.6 Å². The fourth-order valence-electron chi connectivity index (χ4n) is 2.36. The summed E-state index contributed by atoms with van der Waals surface area (Å²) in [5.41, 5.74) is 1.45. The molecule has 6 nitrogen and oxygen atoms in total.